The van der Waals surface area contributed by atoms with E-state index in [1.165, 1.54) is 26.1 Å². The summed E-state index contributed by atoms with van der Waals surface area (Å²) in [5.41, 5.74) is -0.633. The average Bonchev–Trinajstić information content (AvgIpc) is 3.63. The Morgan fingerprint density at radius 3 is 2.53 bits per heavy atom. The number of aryl methyl sites for hydroxylation is 1. The second kappa shape index (κ2) is 13.4. The molecule has 1 atom stereocenters. The number of nitrogens with zero attached hydrogens (tertiary/aromatic N) is 6. The van der Waals surface area contributed by atoms with Gasteiger partial charge in [0.05, 0.1) is 29.8 Å². The molecule has 0 amide bonds. The van der Waals surface area contributed by atoms with Crippen LogP contribution in [0.5, 0.6) is 0 Å². The molecule has 1 aliphatic carbocycles. The quantitative estimate of drug-likeness (QED) is 0.166. The Kier molecular flexibility index (Phi) is 9.61. The molecule has 14 heteroatoms. The molecule has 0 saturated heterocycles. The first kappa shape index (κ1) is 32.2. The predicted octanol–water partition coefficient (Wildman–Crippen LogP) is 5.16. The van der Waals surface area contributed by atoms with E-state index < -0.39 is 29.3 Å². The van der Waals surface area contributed by atoms with Gasteiger partial charge in [0, 0.05) is 19.3 Å². The summed E-state index contributed by atoms with van der Waals surface area (Å²) in [6, 6.07) is 4.99. The van der Waals surface area contributed by atoms with Crippen molar-refractivity contribution >= 4 is 17.1 Å². The zero-order valence-corrected chi connectivity index (χ0v) is 25.5. The van der Waals surface area contributed by atoms with Gasteiger partial charge in [-0.3, -0.25) is 28.0 Å². The molecule has 1 unspecified atom stereocenters. The number of aromatic nitrogens is 6. The maximum atomic E-state index is 13.7. The Balaban J connectivity index is 1.50. The number of rotatable bonds is 11. The summed E-state index contributed by atoms with van der Waals surface area (Å²) in [4.78, 5) is 44.3. The van der Waals surface area contributed by atoms with Gasteiger partial charge in [0.25, 0.3) is 5.56 Å². The molecular weight excluding hydrogens is 593 g/mol. The van der Waals surface area contributed by atoms with Crippen LogP contribution in [0.15, 0.2) is 46.2 Å². The number of hydrogen-bond donors (Lipinski definition) is 0. The number of esters is 1. The minimum atomic E-state index is -4.47. The first-order valence-electron chi connectivity index (χ1n) is 15.3. The lowest BCUT2D eigenvalue weighted by molar-refractivity contribution is -0.186. The molecule has 11 nitrogen and oxygen atoms in total. The second-order valence-corrected chi connectivity index (χ2v) is 11.3. The molecule has 1 aliphatic rings. The topological polar surface area (TPSA) is 115 Å². The van der Waals surface area contributed by atoms with E-state index in [1.807, 2.05) is 6.92 Å². The number of halogens is 3. The fourth-order valence-electron chi connectivity index (χ4n) is 5.75. The molecule has 242 valence electrons. The molecule has 0 bridgehead atoms. The Hall–Kier alpha value is -4.20. The number of alkyl halides is 3. The van der Waals surface area contributed by atoms with Gasteiger partial charge in [0.15, 0.2) is 11.2 Å². The maximum absolute atomic E-state index is 13.7. The lowest BCUT2D eigenvalue weighted by Crippen LogP contribution is -2.40. The highest BCUT2D eigenvalue weighted by Crippen LogP contribution is 2.30. The van der Waals surface area contributed by atoms with E-state index in [4.69, 9.17) is 9.47 Å². The monoisotopic (exact) mass is 630 g/mol. The van der Waals surface area contributed by atoms with Crippen molar-refractivity contribution in [3.05, 3.63) is 68.6 Å². The van der Waals surface area contributed by atoms with Crippen LogP contribution in [0.1, 0.15) is 70.4 Å². The van der Waals surface area contributed by atoms with Gasteiger partial charge in [-0.15, -0.1) is 0 Å². The number of carbonyl (C=O) groups is 1. The minimum absolute atomic E-state index is 0.0533. The van der Waals surface area contributed by atoms with Crippen LogP contribution in [0.4, 0.5) is 13.2 Å². The second-order valence-electron chi connectivity index (χ2n) is 11.3. The number of fused-ring (bicyclic) bond motifs is 1. The van der Waals surface area contributed by atoms with E-state index in [-0.39, 0.29) is 55.2 Å². The largest absolute Gasteiger partial charge is 0.436 e. The standard InChI is InChI=1S/C31H37F3N6O5/c1-4-14-39-28(41)25-27(38(5-2)30(39)43)36-26(40(25)19-44-20(3)45-29(42)22-11-7-6-8-12-22)23-16-35-37(18-23)17-21-10-9-13-24(15-21)31(32,33)34/h9-10,13,15-16,18,20,22H,4-8,11-12,14,17,19H2,1-3H3. The van der Waals surface area contributed by atoms with E-state index in [2.05, 4.69) is 10.1 Å². The SMILES string of the molecule is CCCn1c(=O)c2c(nc(-c3cnn(Cc4cccc(C(F)(F)F)c4)c3)n2COC(C)OC(=O)C2CCCCC2)n(CC)c1=O. The van der Waals surface area contributed by atoms with Gasteiger partial charge in [-0.2, -0.15) is 18.3 Å². The Morgan fingerprint density at radius 2 is 1.84 bits per heavy atom. The number of imidazole rings is 1. The first-order valence-corrected chi connectivity index (χ1v) is 15.3. The molecule has 3 heterocycles. The van der Waals surface area contributed by atoms with E-state index in [1.54, 1.807) is 26.1 Å². The van der Waals surface area contributed by atoms with Crippen molar-refractivity contribution in [2.75, 3.05) is 0 Å². The van der Waals surface area contributed by atoms with E-state index in [9.17, 15) is 27.6 Å². The van der Waals surface area contributed by atoms with Crippen molar-refractivity contribution < 1.29 is 27.4 Å². The molecule has 5 rings (SSSR count). The number of carbonyl (C=O) groups excluding carboxylic acids is 1. The fourth-order valence-corrected chi connectivity index (χ4v) is 5.75. The molecule has 0 radical (unpaired) electrons. The molecule has 0 N–H and O–H groups in total. The van der Waals surface area contributed by atoms with Gasteiger partial charge in [0.1, 0.15) is 12.6 Å². The Bertz CT molecular complexity index is 1780. The Labute approximate surface area is 257 Å². The van der Waals surface area contributed by atoms with Crippen molar-refractivity contribution in [2.45, 2.75) is 98.1 Å². The van der Waals surface area contributed by atoms with E-state index in [0.717, 1.165) is 48.8 Å². The van der Waals surface area contributed by atoms with Crippen LogP contribution in [0.25, 0.3) is 22.6 Å². The molecule has 45 heavy (non-hydrogen) atoms. The maximum Gasteiger partial charge on any atom is 0.416 e. The van der Waals surface area contributed by atoms with Crippen LogP contribution in [0.3, 0.4) is 0 Å². The Morgan fingerprint density at radius 1 is 1.09 bits per heavy atom. The lowest BCUT2D eigenvalue weighted by Gasteiger charge is -2.22. The van der Waals surface area contributed by atoms with Gasteiger partial charge < -0.3 is 9.47 Å². The molecule has 0 aliphatic heterocycles. The summed E-state index contributed by atoms with van der Waals surface area (Å²) in [5.74, 6) is -0.227. The molecule has 4 aromatic rings. The summed E-state index contributed by atoms with van der Waals surface area (Å²) < 4.78 is 56.8. The smallest absolute Gasteiger partial charge is 0.416 e. The van der Waals surface area contributed by atoms with Gasteiger partial charge in [-0.05, 0) is 50.8 Å². The predicted molar refractivity (Wildman–Crippen MR) is 159 cm³/mol. The van der Waals surface area contributed by atoms with E-state index in [0.29, 0.717) is 17.5 Å². The van der Waals surface area contributed by atoms with Crippen molar-refractivity contribution in [1.29, 1.82) is 0 Å². The van der Waals surface area contributed by atoms with Crippen molar-refractivity contribution in [3.8, 4) is 11.4 Å². The highest BCUT2D eigenvalue weighted by atomic mass is 19.4. The van der Waals surface area contributed by atoms with Crippen LogP contribution in [0.2, 0.25) is 0 Å². The third-order valence-electron chi connectivity index (χ3n) is 8.03. The molecular formula is C31H37F3N6O5. The summed E-state index contributed by atoms with van der Waals surface area (Å²) in [7, 11) is 0. The highest BCUT2D eigenvalue weighted by molar-refractivity contribution is 5.76. The normalized spacial score (nSPS) is 15.1. The van der Waals surface area contributed by atoms with Crippen molar-refractivity contribution in [2.24, 2.45) is 5.92 Å². The van der Waals surface area contributed by atoms with Crippen LogP contribution >= 0.6 is 0 Å². The zero-order chi connectivity index (χ0) is 32.3. The number of benzene rings is 1. The molecule has 1 aromatic carbocycles. The fraction of sp³-hybridized carbons (Fsp3) is 0.516. The lowest BCUT2D eigenvalue weighted by atomic mass is 9.89. The first-order chi connectivity index (χ1) is 21.5. The molecule has 1 fully saturated rings. The van der Waals surface area contributed by atoms with Crippen molar-refractivity contribution in [1.82, 2.24) is 28.5 Å². The van der Waals surface area contributed by atoms with Crippen LogP contribution in [-0.2, 0) is 46.8 Å². The number of ether oxygens (including phenoxy) is 2. The van der Waals surface area contributed by atoms with Gasteiger partial charge in [0.2, 0.25) is 6.29 Å². The average molecular weight is 631 g/mol. The third kappa shape index (κ3) is 6.90. The number of hydrogen-bond acceptors (Lipinski definition) is 7. The minimum Gasteiger partial charge on any atom is -0.436 e. The van der Waals surface area contributed by atoms with Gasteiger partial charge in [-0.25, -0.2) is 9.78 Å². The summed E-state index contributed by atoms with van der Waals surface area (Å²) >= 11 is 0. The summed E-state index contributed by atoms with van der Waals surface area (Å²) in [6.07, 6.45) is 2.84. The molecule has 1 saturated carbocycles. The van der Waals surface area contributed by atoms with Gasteiger partial charge in [-0.1, -0.05) is 38.3 Å². The highest BCUT2D eigenvalue weighted by Gasteiger charge is 2.30. The van der Waals surface area contributed by atoms with E-state index >= 15 is 0 Å². The molecule has 0 spiro atoms. The summed E-state index contributed by atoms with van der Waals surface area (Å²) in [5, 5.41) is 4.33. The third-order valence-corrected chi connectivity index (χ3v) is 8.03. The van der Waals surface area contributed by atoms with Gasteiger partial charge >= 0.3 is 17.8 Å². The van der Waals surface area contributed by atoms with Crippen LogP contribution in [-0.4, -0.2) is 40.7 Å². The van der Waals surface area contributed by atoms with Crippen LogP contribution in [0, 0.1) is 5.92 Å². The van der Waals surface area contributed by atoms with Crippen molar-refractivity contribution in [3.63, 3.8) is 0 Å². The van der Waals surface area contributed by atoms with Crippen LogP contribution < -0.4 is 11.2 Å². The zero-order valence-electron chi connectivity index (χ0n) is 25.5. The molecule has 3 aromatic heterocycles. The summed E-state index contributed by atoms with van der Waals surface area (Å²) in [6.45, 7) is 5.52.